The Hall–Kier alpha value is -3.26. The van der Waals surface area contributed by atoms with Crippen LogP contribution in [0.3, 0.4) is 0 Å². The van der Waals surface area contributed by atoms with Gasteiger partial charge in [-0.05, 0) is 30.3 Å². The van der Waals surface area contributed by atoms with Gasteiger partial charge in [0, 0.05) is 10.6 Å². The van der Waals surface area contributed by atoms with E-state index in [0.29, 0.717) is 22.7 Å². The van der Waals surface area contributed by atoms with E-state index in [4.69, 9.17) is 30.5 Å². The molecule has 0 unspecified atom stereocenters. The predicted octanol–water partition coefficient (Wildman–Crippen LogP) is 2.97. The number of rotatable bonds is 8. The standard InChI is InChI=1S/C19H18ClNO7/c1-25-14-7-5-12(20)8-13(14)21-16(23)10-28-19(24)17-11(9-22)4-6-15(26-2)18(17)27-3/h4-9H,10H2,1-3H3,(H,21,23). The predicted molar refractivity (Wildman–Crippen MR) is 102 cm³/mol. The van der Waals surface area contributed by atoms with Crippen molar-refractivity contribution in [3.8, 4) is 17.2 Å². The fourth-order valence-electron chi connectivity index (χ4n) is 2.42. The fraction of sp³-hybridized carbons (Fsp3) is 0.211. The lowest BCUT2D eigenvalue weighted by Gasteiger charge is -2.14. The molecular formula is C19H18ClNO7. The smallest absolute Gasteiger partial charge is 0.343 e. The Balaban J connectivity index is 2.15. The lowest BCUT2D eigenvalue weighted by Crippen LogP contribution is -2.22. The third-order valence-electron chi connectivity index (χ3n) is 3.68. The summed E-state index contributed by atoms with van der Waals surface area (Å²) >= 11 is 5.91. The Labute approximate surface area is 166 Å². The molecule has 0 aliphatic heterocycles. The largest absolute Gasteiger partial charge is 0.495 e. The van der Waals surface area contributed by atoms with Crippen molar-refractivity contribution in [3.63, 3.8) is 0 Å². The number of nitrogens with one attached hydrogen (secondary N) is 1. The van der Waals surface area contributed by atoms with Crippen LogP contribution in [0.2, 0.25) is 5.02 Å². The molecule has 0 fully saturated rings. The van der Waals surface area contributed by atoms with Gasteiger partial charge in [-0.15, -0.1) is 0 Å². The van der Waals surface area contributed by atoms with Crippen molar-refractivity contribution in [1.82, 2.24) is 0 Å². The van der Waals surface area contributed by atoms with Crippen LogP contribution in [0.15, 0.2) is 30.3 Å². The number of ether oxygens (including phenoxy) is 4. The maximum absolute atomic E-state index is 12.5. The van der Waals surface area contributed by atoms with Crippen molar-refractivity contribution in [1.29, 1.82) is 0 Å². The van der Waals surface area contributed by atoms with Crippen molar-refractivity contribution >= 4 is 35.5 Å². The van der Waals surface area contributed by atoms with E-state index >= 15 is 0 Å². The summed E-state index contributed by atoms with van der Waals surface area (Å²) < 4.78 is 20.4. The number of amides is 1. The minimum absolute atomic E-state index is 0.0361. The van der Waals surface area contributed by atoms with Gasteiger partial charge >= 0.3 is 5.97 Å². The lowest BCUT2D eigenvalue weighted by atomic mass is 10.1. The van der Waals surface area contributed by atoms with Crippen molar-refractivity contribution in [3.05, 3.63) is 46.5 Å². The Morgan fingerprint density at radius 2 is 1.71 bits per heavy atom. The van der Waals surface area contributed by atoms with Gasteiger partial charge in [-0.1, -0.05) is 11.6 Å². The maximum Gasteiger partial charge on any atom is 0.343 e. The highest BCUT2D eigenvalue weighted by Gasteiger charge is 2.23. The fourth-order valence-corrected chi connectivity index (χ4v) is 2.59. The highest BCUT2D eigenvalue weighted by molar-refractivity contribution is 6.31. The molecule has 2 rings (SSSR count). The molecule has 2 aromatic rings. The van der Waals surface area contributed by atoms with Gasteiger partial charge in [0.25, 0.3) is 5.91 Å². The van der Waals surface area contributed by atoms with Crippen LogP contribution in [0.25, 0.3) is 0 Å². The highest BCUT2D eigenvalue weighted by Crippen LogP contribution is 2.33. The molecular weight excluding hydrogens is 390 g/mol. The second kappa shape index (κ2) is 9.61. The third kappa shape index (κ3) is 4.72. The number of benzene rings is 2. The Morgan fingerprint density at radius 3 is 2.32 bits per heavy atom. The summed E-state index contributed by atoms with van der Waals surface area (Å²) in [4.78, 5) is 35.9. The van der Waals surface area contributed by atoms with Gasteiger partial charge in [0.15, 0.2) is 24.4 Å². The normalized spacial score (nSPS) is 10.0. The average molecular weight is 408 g/mol. The number of methoxy groups -OCH3 is 3. The van der Waals surface area contributed by atoms with Crippen LogP contribution >= 0.6 is 11.6 Å². The number of hydrogen-bond donors (Lipinski definition) is 1. The molecule has 0 spiro atoms. The Morgan fingerprint density at radius 1 is 1.04 bits per heavy atom. The van der Waals surface area contributed by atoms with Crippen LogP contribution in [0.1, 0.15) is 20.7 Å². The summed E-state index contributed by atoms with van der Waals surface area (Å²) in [5.41, 5.74) is 0.230. The zero-order valence-electron chi connectivity index (χ0n) is 15.4. The number of hydrogen-bond acceptors (Lipinski definition) is 7. The molecule has 9 heteroatoms. The molecule has 0 saturated heterocycles. The molecule has 0 aliphatic carbocycles. The zero-order valence-corrected chi connectivity index (χ0v) is 16.2. The summed E-state index contributed by atoms with van der Waals surface area (Å²) in [7, 11) is 4.15. The molecule has 0 heterocycles. The van der Waals surface area contributed by atoms with Gasteiger partial charge in [-0.25, -0.2) is 4.79 Å². The van der Waals surface area contributed by atoms with Crippen LogP contribution in [0.4, 0.5) is 5.69 Å². The molecule has 1 amide bonds. The summed E-state index contributed by atoms with van der Waals surface area (Å²) in [5, 5.41) is 2.93. The Kier molecular flexibility index (Phi) is 7.22. The minimum Gasteiger partial charge on any atom is -0.495 e. The first-order valence-electron chi connectivity index (χ1n) is 7.95. The molecule has 0 saturated carbocycles. The van der Waals surface area contributed by atoms with Crippen LogP contribution in [0.5, 0.6) is 17.2 Å². The van der Waals surface area contributed by atoms with Gasteiger partial charge in [0.05, 0.1) is 27.0 Å². The number of esters is 1. The van der Waals surface area contributed by atoms with Crippen molar-refractivity contribution in [2.45, 2.75) is 0 Å². The van der Waals surface area contributed by atoms with Gasteiger partial charge in [0.1, 0.15) is 11.3 Å². The number of carbonyl (C=O) groups excluding carboxylic acids is 3. The minimum atomic E-state index is -0.911. The van der Waals surface area contributed by atoms with E-state index < -0.39 is 18.5 Å². The number of halogens is 1. The molecule has 0 aromatic heterocycles. The highest BCUT2D eigenvalue weighted by atomic mass is 35.5. The molecule has 0 bridgehead atoms. The first-order valence-corrected chi connectivity index (χ1v) is 8.33. The lowest BCUT2D eigenvalue weighted by molar-refractivity contribution is -0.119. The molecule has 148 valence electrons. The van der Waals surface area contributed by atoms with Crippen molar-refractivity contribution in [2.75, 3.05) is 33.3 Å². The summed E-state index contributed by atoms with van der Waals surface area (Å²) in [6, 6.07) is 7.56. The summed E-state index contributed by atoms with van der Waals surface area (Å²) in [6.07, 6.45) is 0.482. The molecule has 2 aromatic carbocycles. The number of anilines is 1. The van der Waals surface area contributed by atoms with Crippen LogP contribution in [0, 0.1) is 0 Å². The summed E-state index contributed by atoms with van der Waals surface area (Å²) in [5.74, 6) is -0.863. The first kappa shape index (κ1) is 21.0. The van der Waals surface area contributed by atoms with E-state index in [-0.39, 0.29) is 22.6 Å². The van der Waals surface area contributed by atoms with E-state index in [1.54, 1.807) is 12.1 Å². The van der Waals surface area contributed by atoms with Crippen LogP contribution in [-0.4, -0.2) is 46.1 Å². The zero-order chi connectivity index (χ0) is 20.7. The molecule has 1 N–H and O–H groups in total. The molecule has 8 nitrogen and oxygen atoms in total. The van der Waals surface area contributed by atoms with Gasteiger partial charge in [-0.3, -0.25) is 9.59 Å². The van der Waals surface area contributed by atoms with E-state index in [1.165, 1.54) is 39.5 Å². The van der Waals surface area contributed by atoms with Crippen LogP contribution in [-0.2, 0) is 9.53 Å². The van der Waals surface area contributed by atoms with Gasteiger partial charge in [0.2, 0.25) is 0 Å². The second-order valence-electron chi connectivity index (χ2n) is 5.35. The SMILES string of the molecule is COc1ccc(Cl)cc1NC(=O)COC(=O)c1c(C=O)ccc(OC)c1OC. The number of carbonyl (C=O) groups is 3. The third-order valence-corrected chi connectivity index (χ3v) is 3.91. The molecule has 28 heavy (non-hydrogen) atoms. The Bertz CT molecular complexity index is 898. The van der Waals surface area contributed by atoms with Crippen molar-refractivity contribution in [2.24, 2.45) is 0 Å². The topological polar surface area (TPSA) is 100 Å². The van der Waals surface area contributed by atoms with Gasteiger partial charge < -0.3 is 24.3 Å². The van der Waals surface area contributed by atoms with E-state index in [9.17, 15) is 14.4 Å². The van der Waals surface area contributed by atoms with Gasteiger partial charge in [-0.2, -0.15) is 0 Å². The average Bonchev–Trinajstić information content (AvgIpc) is 2.70. The number of aldehydes is 1. The molecule has 0 aliphatic rings. The first-order chi connectivity index (χ1) is 13.4. The quantitative estimate of drug-likeness (QED) is 0.530. The second-order valence-corrected chi connectivity index (χ2v) is 5.79. The molecule has 0 atom stereocenters. The summed E-state index contributed by atoms with van der Waals surface area (Å²) in [6.45, 7) is -0.604. The van der Waals surface area contributed by atoms with E-state index in [0.717, 1.165) is 0 Å². The molecule has 0 radical (unpaired) electrons. The van der Waals surface area contributed by atoms with Crippen LogP contribution < -0.4 is 19.5 Å². The monoisotopic (exact) mass is 407 g/mol. The van der Waals surface area contributed by atoms with E-state index in [2.05, 4.69) is 5.32 Å². The van der Waals surface area contributed by atoms with Crippen molar-refractivity contribution < 1.29 is 33.3 Å². The van der Waals surface area contributed by atoms with E-state index in [1.807, 2.05) is 0 Å². The maximum atomic E-state index is 12.5.